The SMILES string of the molecule is CC1CC(NC(=O)c2occc2Br)CCN1.Cl. The summed E-state index contributed by atoms with van der Waals surface area (Å²) in [6, 6.07) is 2.42. The fourth-order valence-electron chi connectivity index (χ4n) is 1.97. The van der Waals surface area contributed by atoms with E-state index in [2.05, 4.69) is 33.5 Å². The van der Waals surface area contributed by atoms with Crippen LogP contribution in [0.4, 0.5) is 0 Å². The number of halogens is 2. The average molecular weight is 324 g/mol. The summed E-state index contributed by atoms with van der Waals surface area (Å²) in [7, 11) is 0. The molecule has 2 atom stereocenters. The van der Waals surface area contributed by atoms with Crippen LogP contribution in [-0.2, 0) is 0 Å². The summed E-state index contributed by atoms with van der Waals surface area (Å²) in [4.78, 5) is 11.8. The fraction of sp³-hybridized carbons (Fsp3) is 0.545. The van der Waals surface area contributed by atoms with E-state index in [-0.39, 0.29) is 24.4 Å². The highest BCUT2D eigenvalue weighted by Gasteiger charge is 2.22. The number of carbonyl (C=O) groups is 1. The van der Waals surface area contributed by atoms with Crippen molar-refractivity contribution in [3.8, 4) is 0 Å². The number of carbonyl (C=O) groups excluding carboxylic acids is 1. The zero-order valence-corrected chi connectivity index (χ0v) is 11.9. The van der Waals surface area contributed by atoms with Crippen LogP contribution in [0.1, 0.15) is 30.3 Å². The van der Waals surface area contributed by atoms with Crippen molar-refractivity contribution in [2.75, 3.05) is 6.54 Å². The number of furan rings is 1. The maximum Gasteiger partial charge on any atom is 0.288 e. The van der Waals surface area contributed by atoms with Gasteiger partial charge in [-0.2, -0.15) is 0 Å². The summed E-state index contributed by atoms with van der Waals surface area (Å²) in [6.45, 7) is 3.08. The molecular formula is C11H16BrClN2O2. The lowest BCUT2D eigenvalue weighted by Gasteiger charge is -2.28. The third-order valence-electron chi connectivity index (χ3n) is 2.78. The molecule has 0 radical (unpaired) electrons. The third kappa shape index (κ3) is 3.72. The molecule has 17 heavy (non-hydrogen) atoms. The molecule has 0 saturated carbocycles. The zero-order chi connectivity index (χ0) is 11.5. The van der Waals surface area contributed by atoms with Crippen LogP contribution in [0.5, 0.6) is 0 Å². The molecule has 0 bridgehead atoms. The van der Waals surface area contributed by atoms with Crippen molar-refractivity contribution in [2.45, 2.75) is 31.8 Å². The molecule has 2 unspecified atom stereocenters. The van der Waals surface area contributed by atoms with Crippen LogP contribution >= 0.6 is 28.3 Å². The molecule has 1 aliphatic rings. The Kier molecular flexibility index (Phi) is 5.49. The Hall–Kier alpha value is -0.520. The van der Waals surface area contributed by atoms with Gasteiger partial charge in [-0.15, -0.1) is 12.4 Å². The van der Waals surface area contributed by atoms with Gasteiger partial charge in [0.25, 0.3) is 5.91 Å². The first-order valence-corrected chi connectivity index (χ1v) is 6.23. The molecule has 1 amide bonds. The van der Waals surface area contributed by atoms with E-state index >= 15 is 0 Å². The molecule has 2 heterocycles. The molecule has 1 aromatic heterocycles. The van der Waals surface area contributed by atoms with E-state index in [1.165, 1.54) is 6.26 Å². The quantitative estimate of drug-likeness (QED) is 0.878. The Labute approximate surface area is 115 Å². The van der Waals surface area contributed by atoms with Gasteiger partial charge in [-0.25, -0.2) is 0 Å². The topological polar surface area (TPSA) is 54.3 Å². The summed E-state index contributed by atoms with van der Waals surface area (Å²) in [5.74, 6) is 0.210. The Morgan fingerprint density at radius 2 is 2.41 bits per heavy atom. The minimum atomic E-state index is -0.143. The smallest absolute Gasteiger partial charge is 0.288 e. The van der Waals surface area contributed by atoms with Gasteiger partial charge in [0, 0.05) is 12.1 Å². The van der Waals surface area contributed by atoms with Crippen molar-refractivity contribution >= 4 is 34.2 Å². The molecule has 96 valence electrons. The number of rotatable bonds is 2. The molecule has 6 heteroatoms. The molecule has 0 aromatic carbocycles. The minimum absolute atomic E-state index is 0. The Morgan fingerprint density at radius 3 is 3.00 bits per heavy atom. The van der Waals surface area contributed by atoms with Gasteiger partial charge in [0.15, 0.2) is 0 Å². The van der Waals surface area contributed by atoms with Crippen molar-refractivity contribution in [3.63, 3.8) is 0 Å². The van der Waals surface area contributed by atoms with Gasteiger partial charge in [-0.3, -0.25) is 4.79 Å². The van der Waals surface area contributed by atoms with Crippen LogP contribution in [0.3, 0.4) is 0 Å². The second-order valence-corrected chi connectivity index (χ2v) is 5.00. The summed E-state index contributed by atoms with van der Waals surface area (Å²) in [6.07, 6.45) is 3.43. The first kappa shape index (κ1) is 14.5. The van der Waals surface area contributed by atoms with Crippen molar-refractivity contribution in [1.82, 2.24) is 10.6 Å². The van der Waals surface area contributed by atoms with E-state index in [1.54, 1.807) is 6.07 Å². The van der Waals surface area contributed by atoms with E-state index in [1.807, 2.05) is 0 Å². The van der Waals surface area contributed by atoms with Crippen LogP contribution in [0.2, 0.25) is 0 Å². The molecule has 0 aliphatic carbocycles. The highest BCUT2D eigenvalue weighted by molar-refractivity contribution is 9.10. The number of piperidine rings is 1. The van der Waals surface area contributed by atoms with Crippen molar-refractivity contribution in [3.05, 3.63) is 22.6 Å². The maximum absolute atomic E-state index is 11.8. The molecule has 2 N–H and O–H groups in total. The van der Waals surface area contributed by atoms with Gasteiger partial charge < -0.3 is 15.1 Å². The van der Waals surface area contributed by atoms with E-state index in [0.717, 1.165) is 19.4 Å². The van der Waals surface area contributed by atoms with Crippen LogP contribution in [0, 0.1) is 0 Å². The van der Waals surface area contributed by atoms with Crippen LogP contribution in [-0.4, -0.2) is 24.5 Å². The molecule has 4 nitrogen and oxygen atoms in total. The highest BCUT2D eigenvalue weighted by atomic mass is 79.9. The zero-order valence-electron chi connectivity index (χ0n) is 9.53. The van der Waals surface area contributed by atoms with Crippen molar-refractivity contribution in [2.24, 2.45) is 0 Å². The van der Waals surface area contributed by atoms with Crippen molar-refractivity contribution < 1.29 is 9.21 Å². The lowest BCUT2D eigenvalue weighted by atomic mass is 10.0. The first-order valence-electron chi connectivity index (χ1n) is 5.44. The summed E-state index contributed by atoms with van der Waals surface area (Å²) >= 11 is 3.28. The molecule has 0 spiro atoms. The predicted molar refractivity (Wildman–Crippen MR) is 71.6 cm³/mol. The normalized spacial score (nSPS) is 23.9. The Balaban J connectivity index is 0.00000144. The fourth-order valence-corrected chi connectivity index (χ4v) is 2.35. The number of nitrogens with one attached hydrogen (secondary N) is 2. The largest absolute Gasteiger partial charge is 0.458 e. The lowest BCUT2D eigenvalue weighted by molar-refractivity contribution is 0.0896. The minimum Gasteiger partial charge on any atom is -0.458 e. The van der Waals surface area contributed by atoms with E-state index in [4.69, 9.17) is 4.42 Å². The number of hydrogen-bond donors (Lipinski definition) is 2. The van der Waals surface area contributed by atoms with Gasteiger partial charge >= 0.3 is 0 Å². The van der Waals surface area contributed by atoms with Gasteiger partial charge in [-0.05, 0) is 48.3 Å². The number of hydrogen-bond acceptors (Lipinski definition) is 3. The van der Waals surface area contributed by atoms with Crippen LogP contribution < -0.4 is 10.6 Å². The second kappa shape index (κ2) is 6.42. The van der Waals surface area contributed by atoms with E-state index < -0.39 is 0 Å². The molecule has 1 aromatic rings. The number of amides is 1. The van der Waals surface area contributed by atoms with Crippen molar-refractivity contribution in [1.29, 1.82) is 0 Å². The molecular weight excluding hydrogens is 307 g/mol. The summed E-state index contributed by atoms with van der Waals surface area (Å²) < 4.78 is 5.82. The molecule has 1 aliphatic heterocycles. The van der Waals surface area contributed by atoms with Gasteiger partial charge in [0.05, 0.1) is 10.7 Å². The average Bonchev–Trinajstić information content (AvgIpc) is 2.64. The first-order chi connectivity index (χ1) is 7.66. The highest BCUT2D eigenvalue weighted by Crippen LogP contribution is 2.18. The van der Waals surface area contributed by atoms with E-state index in [9.17, 15) is 4.79 Å². The van der Waals surface area contributed by atoms with Crippen LogP contribution in [0.15, 0.2) is 21.2 Å². The Bertz CT molecular complexity index is 383. The second-order valence-electron chi connectivity index (χ2n) is 4.15. The summed E-state index contributed by atoms with van der Waals surface area (Å²) in [5, 5.41) is 6.34. The summed E-state index contributed by atoms with van der Waals surface area (Å²) in [5.41, 5.74) is 0. The van der Waals surface area contributed by atoms with Gasteiger partial charge in [0.2, 0.25) is 5.76 Å². The third-order valence-corrected chi connectivity index (χ3v) is 3.41. The monoisotopic (exact) mass is 322 g/mol. The van der Waals surface area contributed by atoms with Crippen LogP contribution in [0.25, 0.3) is 0 Å². The molecule has 2 rings (SSSR count). The predicted octanol–water partition coefficient (Wildman–Crippen LogP) is 2.33. The van der Waals surface area contributed by atoms with E-state index in [0.29, 0.717) is 16.3 Å². The maximum atomic E-state index is 11.8. The molecule has 1 saturated heterocycles. The van der Waals surface area contributed by atoms with Gasteiger partial charge in [-0.1, -0.05) is 0 Å². The standard InChI is InChI=1S/C11H15BrN2O2.ClH/c1-7-6-8(2-4-13-7)14-11(15)10-9(12)3-5-16-10;/h3,5,7-8,13H,2,4,6H2,1H3,(H,14,15);1H. The molecule has 1 fully saturated rings. The Morgan fingerprint density at radius 1 is 1.65 bits per heavy atom. The lowest BCUT2D eigenvalue weighted by Crippen LogP contribution is -2.46. The van der Waals surface area contributed by atoms with Gasteiger partial charge in [0.1, 0.15) is 0 Å².